The van der Waals surface area contributed by atoms with E-state index >= 15 is 0 Å². The molecule has 146 valence electrons. The van der Waals surface area contributed by atoms with Crippen molar-refractivity contribution in [2.24, 2.45) is 4.99 Å². The number of carbonyl (C=O) groups excluding carboxylic acids is 1. The van der Waals surface area contributed by atoms with Crippen LogP contribution in [0.25, 0.3) is 0 Å². The lowest BCUT2D eigenvalue weighted by Crippen LogP contribution is -2.45. The van der Waals surface area contributed by atoms with Gasteiger partial charge in [0.05, 0.1) is 18.0 Å². The highest BCUT2D eigenvalue weighted by molar-refractivity contribution is 7.90. The van der Waals surface area contributed by atoms with Crippen LogP contribution >= 0.6 is 0 Å². The van der Waals surface area contributed by atoms with Crippen LogP contribution in [0.3, 0.4) is 0 Å². The predicted octanol–water partition coefficient (Wildman–Crippen LogP) is 1.03. The third-order valence-corrected chi connectivity index (χ3v) is 4.23. The number of hydrogen-bond donors (Lipinski definition) is 3. The van der Waals surface area contributed by atoms with E-state index in [9.17, 15) is 26.4 Å². The highest BCUT2D eigenvalue weighted by atomic mass is 32.2. The molecule has 3 N–H and O–H groups in total. The number of amides is 1. The van der Waals surface area contributed by atoms with E-state index in [1.807, 2.05) is 0 Å². The van der Waals surface area contributed by atoms with E-state index in [1.165, 1.54) is 7.05 Å². The molecule has 0 bridgehead atoms. The fourth-order valence-electron chi connectivity index (χ4n) is 1.87. The van der Waals surface area contributed by atoms with Crippen molar-refractivity contribution in [2.75, 3.05) is 30.9 Å². The monoisotopic (exact) mass is 394 g/mol. The molecule has 0 aliphatic rings. The molecule has 1 amide bonds. The van der Waals surface area contributed by atoms with Gasteiger partial charge in [-0.25, -0.2) is 21.6 Å². The van der Waals surface area contributed by atoms with Gasteiger partial charge >= 0.3 is 0 Å². The lowest BCUT2D eigenvalue weighted by atomic mass is 10.2. The van der Waals surface area contributed by atoms with Crippen LogP contribution in [-0.2, 0) is 14.6 Å². The van der Waals surface area contributed by atoms with Crippen molar-refractivity contribution >= 4 is 27.4 Å². The summed E-state index contributed by atoms with van der Waals surface area (Å²) in [6.07, 6.45) is 1.47. The average molecular weight is 394 g/mol. The van der Waals surface area contributed by atoms with E-state index in [1.54, 1.807) is 6.92 Å². The van der Waals surface area contributed by atoms with Crippen LogP contribution in [0, 0.1) is 17.5 Å². The van der Waals surface area contributed by atoms with Crippen molar-refractivity contribution < 1.29 is 26.4 Å². The molecule has 0 heterocycles. The zero-order valence-corrected chi connectivity index (χ0v) is 15.4. The first-order chi connectivity index (χ1) is 12.0. The molecule has 1 aromatic carbocycles. The highest BCUT2D eigenvalue weighted by Crippen LogP contribution is 2.19. The maximum atomic E-state index is 13.5. The minimum absolute atomic E-state index is 0.00590. The molecule has 7 nitrogen and oxygen atoms in total. The van der Waals surface area contributed by atoms with Crippen LogP contribution in [-0.4, -0.2) is 51.9 Å². The van der Waals surface area contributed by atoms with Crippen molar-refractivity contribution in [1.82, 2.24) is 10.6 Å². The molecular formula is C15H21F3N4O3S. The predicted molar refractivity (Wildman–Crippen MR) is 93.2 cm³/mol. The number of nitrogens with one attached hydrogen (secondary N) is 3. The second kappa shape index (κ2) is 9.41. The SMILES string of the molecule is CN=C(NCC(=O)Nc1ccc(F)c(F)c1F)NC(C)CCS(C)(=O)=O. The topological polar surface area (TPSA) is 99.7 Å². The summed E-state index contributed by atoms with van der Waals surface area (Å²) in [5, 5.41) is 7.66. The number of rotatable bonds is 7. The maximum absolute atomic E-state index is 13.5. The molecular weight excluding hydrogens is 373 g/mol. The minimum Gasteiger partial charge on any atom is -0.354 e. The standard InChI is InChI=1S/C15H21F3N4O3S/c1-9(6-7-26(3,24)25)21-15(19-2)20-8-12(23)22-11-5-4-10(16)13(17)14(11)18/h4-5,9H,6-8H2,1-3H3,(H,22,23)(H2,19,20,21). The van der Waals surface area contributed by atoms with Gasteiger partial charge in [0.1, 0.15) is 9.84 Å². The molecule has 0 radical (unpaired) electrons. The Balaban J connectivity index is 2.53. The molecule has 0 aromatic heterocycles. The van der Waals surface area contributed by atoms with Crippen LogP contribution in [0.5, 0.6) is 0 Å². The summed E-state index contributed by atoms with van der Waals surface area (Å²) < 4.78 is 61.8. The summed E-state index contributed by atoms with van der Waals surface area (Å²) in [4.78, 5) is 15.7. The van der Waals surface area contributed by atoms with E-state index in [2.05, 4.69) is 20.9 Å². The molecule has 26 heavy (non-hydrogen) atoms. The van der Waals surface area contributed by atoms with E-state index in [-0.39, 0.29) is 24.3 Å². The van der Waals surface area contributed by atoms with Gasteiger partial charge in [-0.2, -0.15) is 0 Å². The van der Waals surface area contributed by atoms with E-state index < -0.39 is 38.9 Å². The smallest absolute Gasteiger partial charge is 0.243 e. The van der Waals surface area contributed by atoms with E-state index in [0.717, 1.165) is 12.3 Å². The Labute approximate surface area is 150 Å². The van der Waals surface area contributed by atoms with Gasteiger partial charge in [0, 0.05) is 19.3 Å². The number of aliphatic imine (C=N–C) groups is 1. The molecule has 0 aliphatic heterocycles. The number of benzene rings is 1. The van der Waals surface area contributed by atoms with Gasteiger partial charge in [-0.3, -0.25) is 9.79 Å². The van der Waals surface area contributed by atoms with Gasteiger partial charge in [-0.1, -0.05) is 0 Å². The first kappa shape index (κ1) is 21.7. The van der Waals surface area contributed by atoms with Gasteiger partial charge in [0.25, 0.3) is 0 Å². The van der Waals surface area contributed by atoms with Crippen molar-refractivity contribution in [3.63, 3.8) is 0 Å². The molecule has 1 atom stereocenters. The first-order valence-electron chi connectivity index (χ1n) is 7.61. The van der Waals surface area contributed by atoms with Crippen molar-refractivity contribution in [3.8, 4) is 0 Å². The zero-order valence-electron chi connectivity index (χ0n) is 14.6. The third-order valence-electron chi connectivity index (χ3n) is 3.25. The number of halogens is 3. The largest absolute Gasteiger partial charge is 0.354 e. The van der Waals surface area contributed by atoms with Crippen LogP contribution < -0.4 is 16.0 Å². The summed E-state index contributed by atoms with van der Waals surface area (Å²) in [5.74, 6) is -5.00. The Morgan fingerprint density at radius 3 is 2.46 bits per heavy atom. The van der Waals surface area contributed by atoms with Gasteiger partial charge in [-0.15, -0.1) is 0 Å². The number of anilines is 1. The molecule has 0 saturated carbocycles. The third kappa shape index (κ3) is 7.30. The highest BCUT2D eigenvalue weighted by Gasteiger charge is 2.15. The Bertz CT molecular complexity index is 785. The summed E-state index contributed by atoms with van der Waals surface area (Å²) in [6, 6.07) is 1.37. The lowest BCUT2D eigenvalue weighted by Gasteiger charge is -2.17. The van der Waals surface area contributed by atoms with Crippen LogP contribution in [0.2, 0.25) is 0 Å². The maximum Gasteiger partial charge on any atom is 0.243 e. The number of carbonyl (C=O) groups is 1. The molecule has 0 fully saturated rings. The number of hydrogen-bond acceptors (Lipinski definition) is 4. The summed E-state index contributed by atoms with van der Waals surface area (Å²) >= 11 is 0. The second-order valence-electron chi connectivity index (χ2n) is 5.66. The molecule has 0 aliphatic carbocycles. The van der Waals surface area contributed by atoms with Crippen molar-refractivity contribution in [3.05, 3.63) is 29.6 Å². The summed E-state index contributed by atoms with van der Waals surface area (Å²) in [5.41, 5.74) is -0.486. The Kier molecular flexibility index (Phi) is 7.87. The molecule has 1 unspecified atom stereocenters. The summed E-state index contributed by atoms with van der Waals surface area (Å²) in [6.45, 7) is 1.42. The van der Waals surface area contributed by atoms with Gasteiger partial charge in [0.2, 0.25) is 5.91 Å². The first-order valence-corrected chi connectivity index (χ1v) is 9.67. The fraction of sp³-hybridized carbons (Fsp3) is 0.467. The van der Waals surface area contributed by atoms with E-state index in [0.29, 0.717) is 12.5 Å². The Morgan fingerprint density at radius 1 is 1.23 bits per heavy atom. The Morgan fingerprint density at radius 2 is 1.88 bits per heavy atom. The molecule has 0 spiro atoms. The second-order valence-corrected chi connectivity index (χ2v) is 7.92. The number of guanidine groups is 1. The average Bonchev–Trinajstić information content (AvgIpc) is 2.56. The van der Waals surface area contributed by atoms with Crippen molar-refractivity contribution in [1.29, 1.82) is 0 Å². The number of sulfone groups is 1. The molecule has 0 saturated heterocycles. The molecule has 11 heteroatoms. The molecule has 1 rings (SSSR count). The van der Waals surface area contributed by atoms with Crippen LogP contribution in [0.4, 0.5) is 18.9 Å². The summed E-state index contributed by atoms with van der Waals surface area (Å²) in [7, 11) is -1.64. The van der Waals surface area contributed by atoms with Crippen LogP contribution in [0.15, 0.2) is 17.1 Å². The number of nitrogens with zero attached hydrogens (tertiary/aromatic N) is 1. The minimum atomic E-state index is -3.09. The van der Waals surface area contributed by atoms with Gasteiger partial charge in [-0.05, 0) is 25.5 Å². The van der Waals surface area contributed by atoms with Gasteiger partial charge < -0.3 is 16.0 Å². The zero-order chi connectivity index (χ0) is 19.9. The molecule has 1 aromatic rings. The lowest BCUT2D eigenvalue weighted by molar-refractivity contribution is -0.115. The van der Waals surface area contributed by atoms with E-state index in [4.69, 9.17) is 0 Å². The normalized spacial score (nSPS) is 13.2. The van der Waals surface area contributed by atoms with Gasteiger partial charge in [0.15, 0.2) is 23.4 Å². The quantitative estimate of drug-likeness (QED) is 0.364. The fourth-order valence-corrected chi connectivity index (χ4v) is 2.65. The van der Waals surface area contributed by atoms with Crippen LogP contribution in [0.1, 0.15) is 13.3 Å². The Hall–Kier alpha value is -2.30. The van der Waals surface area contributed by atoms with Crippen molar-refractivity contribution in [2.45, 2.75) is 19.4 Å².